The van der Waals surface area contributed by atoms with Gasteiger partial charge >= 0.3 is 0 Å². The van der Waals surface area contributed by atoms with Crippen LogP contribution in [0.15, 0.2) is 30.8 Å². The van der Waals surface area contributed by atoms with E-state index < -0.39 is 9.52 Å². The summed E-state index contributed by atoms with van der Waals surface area (Å²) in [5.74, 6) is 0. The van der Waals surface area contributed by atoms with E-state index in [4.69, 9.17) is 0 Å². The minimum atomic E-state index is -0.431. The summed E-state index contributed by atoms with van der Waals surface area (Å²) in [6, 6.07) is 8.85. The zero-order valence-electron chi connectivity index (χ0n) is 12.6. The molecule has 1 rings (SSSR count). The van der Waals surface area contributed by atoms with E-state index in [1.807, 2.05) is 0 Å². The van der Waals surface area contributed by atoms with E-state index in [2.05, 4.69) is 82.7 Å². The molecule has 0 heterocycles. The minimum absolute atomic E-state index is 0.160. The lowest BCUT2D eigenvalue weighted by molar-refractivity contribution is 0.101. The van der Waals surface area contributed by atoms with Crippen molar-refractivity contribution in [3.05, 3.63) is 36.4 Å². The lowest BCUT2D eigenvalue weighted by atomic mass is 10.1. The van der Waals surface area contributed by atoms with Crippen LogP contribution in [0.25, 0.3) is 5.57 Å². The van der Waals surface area contributed by atoms with Crippen molar-refractivity contribution in [3.63, 3.8) is 0 Å². The van der Waals surface area contributed by atoms with E-state index in [1.54, 1.807) is 0 Å². The molecule has 0 radical (unpaired) electrons. The van der Waals surface area contributed by atoms with Gasteiger partial charge in [-0.3, -0.25) is 9.80 Å². The maximum Gasteiger partial charge on any atom is 0.0958 e. The van der Waals surface area contributed by atoms with Gasteiger partial charge in [-0.25, -0.2) is 0 Å². The largest absolute Gasteiger partial charge is 0.295 e. The van der Waals surface area contributed by atoms with Crippen LogP contribution >= 0.6 is 0 Å². The molecule has 18 heavy (non-hydrogen) atoms. The highest BCUT2D eigenvalue weighted by Crippen LogP contribution is 2.14. The molecule has 0 aliphatic heterocycles. The van der Waals surface area contributed by atoms with Crippen molar-refractivity contribution in [2.24, 2.45) is 0 Å². The summed E-state index contributed by atoms with van der Waals surface area (Å²) in [4.78, 5) is 4.65. The molecule has 0 aliphatic carbocycles. The summed E-state index contributed by atoms with van der Waals surface area (Å²) in [6.45, 7) is 8.42. The fraction of sp³-hybridized carbons (Fsp3) is 0.467. The fourth-order valence-corrected chi connectivity index (χ4v) is 4.03. The predicted octanol–water partition coefficient (Wildman–Crippen LogP) is 1.31. The molecular weight excluding hydrogens is 236 g/mol. The van der Waals surface area contributed by atoms with Crippen LogP contribution in [0.2, 0.25) is 0 Å². The van der Waals surface area contributed by atoms with Crippen molar-refractivity contribution in [1.29, 1.82) is 0 Å². The fourth-order valence-electron chi connectivity index (χ4n) is 2.05. The van der Waals surface area contributed by atoms with E-state index in [-0.39, 0.29) is 5.29 Å². The molecule has 0 unspecified atom stereocenters. The molecule has 0 saturated carbocycles. The maximum absolute atomic E-state index is 4.03. The third kappa shape index (κ3) is 3.31. The van der Waals surface area contributed by atoms with Gasteiger partial charge in [-0.05, 0) is 47.6 Å². The second-order valence-electron chi connectivity index (χ2n) is 5.66. The molecule has 0 amide bonds. The maximum atomic E-state index is 4.03. The summed E-state index contributed by atoms with van der Waals surface area (Å²) in [6.07, 6.45) is 0. The molecule has 0 spiro atoms. The minimum Gasteiger partial charge on any atom is -0.295 e. The van der Waals surface area contributed by atoms with Gasteiger partial charge in [0.1, 0.15) is 0 Å². The summed E-state index contributed by atoms with van der Waals surface area (Å²) >= 11 is 0. The Labute approximate surface area is 114 Å². The van der Waals surface area contributed by atoms with Gasteiger partial charge in [0.05, 0.1) is 14.8 Å². The predicted molar refractivity (Wildman–Crippen MR) is 85.1 cm³/mol. The summed E-state index contributed by atoms with van der Waals surface area (Å²) in [5, 5.41) is 1.65. The smallest absolute Gasteiger partial charge is 0.0958 e. The standard InChI is InChI=1S/C15H26N2Si/c1-12(2)13-9-8-10-14(11-13)18-15(3,16(4)5)17(6)7/h8-11H,1,18H2,2-7H3. The molecule has 0 bridgehead atoms. The van der Waals surface area contributed by atoms with E-state index >= 15 is 0 Å². The zero-order valence-corrected chi connectivity index (χ0v) is 14.0. The zero-order chi connectivity index (χ0) is 13.9. The SMILES string of the molecule is C=C(C)c1cccc([SiH2]C(C)(N(C)C)N(C)C)c1. The van der Waals surface area contributed by atoms with Crippen LogP contribution in [-0.2, 0) is 0 Å². The number of benzene rings is 1. The Morgan fingerprint density at radius 2 is 1.72 bits per heavy atom. The Morgan fingerprint density at radius 3 is 2.17 bits per heavy atom. The molecule has 100 valence electrons. The van der Waals surface area contributed by atoms with Gasteiger partial charge in [-0.1, -0.05) is 41.6 Å². The number of allylic oxidation sites excluding steroid dienone is 1. The lowest BCUT2D eigenvalue weighted by Crippen LogP contribution is -2.60. The summed E-state index contributed by atoms with van der Waals surface area (Å²) in [5.41, 5.74) is 2.40. The summed E-state index contributed by atoms with van der Waals surface area (Å²) < 4.78 is 0. The highest BCUT2D eigenvalue weighted by Gasteiger charge is 2.29. The highest BCUT2D eigenvalue weighted by molar-refractivity contribution is 6.56. The molecule has 0 aromatic heterocycles. The second-order valence-corrected chi connectivity index (χ2v) is 8.17. The van der Waals surface area contributed by atoms with E-state index in [0.29, 0.717) is 0 Å². The van der Waals surface area contributed by atoms with Crippen LogP contribution in [0.1, 0.15) is 19.4 Å². The van der Waals surface area contributed by atoms with Gasteiger partial charge in [-0.15, -0.1) is 0 Å². The van der Waals surface area contributed by atoms with Crippen molar-refractivity contribution in [3.8, 4) is 0 Å². The average molecular weight is 262 g/mol. The summed E-state index contributed by atoms with van der Waals surface area (Å²) in [7, 11) is 8.22. The number of rotatable bonds is 5. The third-order valence-electron chi connectivity index (χ3n) is 3.89. The molecule has 0 saturated heterocycles. The Bertz CT molecular complexity index is 416. The topological polar surface area (TPSA) is 6.48 Å². The number of hydrogen-bond donors (Lipinski definition) is 0. The van der Waals surface area contributed by atoms with Crippen molar-refractivity contribution >= 4 is 20.3 Å². The molecule has 2 nitrogen and oxygen atoms in total. The van der Waals surface area contributed by atoms with Crippen molar-refractivity contribution in [2.45, 2.75) is 19.1 Å². The normalized spacial score (nSPS) is 12.9. The van der Waals surface area contributed by atoms with Gasteiger partial charge in [0.15, 0.2) is 0 Å². The number of hydrogen-bond acceptors (Lipinski definition) is 2. The quantitative estimate of drug-likeness (QED) is 0.583. The molecule has 1 aromatic rings. The van der Waals surface area contributed by atoms with Crippen LogP contribution in [0, 0.1) is 0 Å². The molecule has 0 fully saturated rings. The Kier molecular flexibility index (Phi) is 4.90. The van der Waals surface area contributed by atoms with Gasteiger partial charge in [0.2, 0.25) is 0 Å². The monoisotopic (exact) mass is 262 g/mol. The first-order valence-electron chi connectivity index (χ1n) is 6.37. The van der Waals surface area contributed by atoms with Gasteiger partial charge < -0.3 is 0 Å². The van der Waals surface area contributed by atoms with Gasteiger partial charge in [0, 0.05) is 0 Å². The van der Waals surface area contributed by atoms with Gasteiger partial charge in [0.25, 0.3) is 0 Å². The van der Waals surface area contributed by atoms with Crippen LogP contribution < -0.4 is 5.19 Å². The molecular formula is C15H26N2Si. The Balaban J connectivity index is 3.02. The van der Waals surface area contributed by atoms with Crippen molar-refractivity contribution < 1.29 is 0 Å². The van der Waals surface area contributed by atoms with Crippen molar-refractivity contribution in [1.82, 2.24) is 9.80 Å². The van der Waals surface area contributed by atoms with Gasteiger partial charge in [-0.2, -0.15) is 0 Å². The number of nitrogens with zero attached hydrogens (tertiary/aromatic N) is 2. The first kappa shape index (κ1) is 15.2. The Hall–Kier alpha value is -0.903. The van der Waals surface area contributed by atoms with Crippen LogP contribution in [0.4, 0.5) is 0 Å². The third-order valence-corrected chi connectivity index (χ3v) is 6.67. The molecule has 3 heteroatoms. The highest BCUT2D eigenvalue weighted by atomic mass is 28.2. The average Bonchev–Trinajstić information content (AvgIpc) is 2.28. The first-order valence-corrected chi connectivity index (χ1v) is 7.78. The second kappa shape index (κ2) is 5.82. The van der Waals surface area contributed by atoms with E-state index in [1.165, 1.54) is 10.8 Å². The van der Waals surface area contributed by atoms with Crippen LogP contribution in [0.3, 0.4) is 0 Å². The molecule has 0 aliphatic rings. The van der Waals surface area contributed by atoms with Crippen LogP contribution in [0.5, 0.6) is 0 Å². The molecule has 0 atom stereocenters. The van der Waals surface area contributed by atoms with E-state index in [0.717, 1.165) is 5.57 Å². The molecule has 1 aromatic carbocycles. The Morgan fingerprint density at radius 1 is 1.17 bits per heavy atom. The van der Waals surface area contributed by atoms with E-state index in [9.17, 15) is 0 Å². The lowest BCUT2D eigenvalue weighted by Gasteiger charge is -2.42. The van der Waals surface area contributed by atoms with Crippen molar-refractivity contribution in [2.75, 3.05) is 28.2 Å². The molecule has 0 N–H and O–H groups in total. The van der Waals surface area contributed by atoms with Crippen LogP contribution in [-0.4, -0.2) is 52.8 Å². The first-order chi connectivity index (χ1) is 8.27.